The third kappa shape index (κ3) is 2.07. The van der Waals surface area contributed by atoms with E-state index in [-0.39, 0.29) is 11.7 Å². The topological polar surface area (TPSA) is 56.0 Å². The number of nitrogens with zero attached hydrogens (tertiary/aromatic N) is 1. The molecule has 1 aromatic carbocycles. The second-order valence-electron chi connectivity index (χ2n) is 5.17. The molecule has 0 unspecified atom stereocenters. The van der Waals surface area contributed by atoms with Gasteiger partial charge in [-0.05, 0) is 55.2 Å². The fourth-order valence-corrected chi connectivity index (χ4v) is 2.93. The average Bonchev–Trinajstić information content (AvgIpc) is 2.80. The highest BCUT2D eigenvalue weighted by atomic mass is 19.1. The molecule has 2 aromatic rings. The number of pyridine rings is 1. The molecule has 0 spiro atoms. The summed E-state index contributed by atoms with van der Waals surface area (Å²) in [6.45, 7) is 1.78. The first-order valence-corrected chi connectivity index (χ1v) is 6.62. The van der Waals surface area contributed by atoms with Crippen LogP contribution in [0.15, 0.2) is 30.3 Å². The first-order chi connectivity index (χ1) is 9.56. The van der Waals surface area contributed by atoms with Crippen LogP contribution in [0.25, 0.3) is 0 Å². The van der Waals surface area contributed by atoms with E-state index in [1.807, 2.05) is 12.1 Å². The minimum absolute atomic E-state index is 0.172. The van der Waals surface area contributed by atoms with Crippen LogP contribution in [-0.4, -0.2) is 10.9 Å². The number of carbonyl (C=O) groups is 1. The Morgan fingerprint density at radius 2 is 2.15 bits per heavy atom. The zero-order valence-corrected chi connectivity index (χ0v) is 11.2. The standard InChI is InChI=1S/C16H15FN2O/c1-9-12(16(18)20)6-7-15(19-9)14-4-2-10-8-11(17)3-5-13(10)14/h3,5-8,14H,2,4H2,1H3,(H2,18,20)/t14-/m1/s1. The maximum absolute atomic E-state index is 13.2. The minimum Gasteiger partial charge on any atom is -0.366 e. The Bertz CT molecular complexity index is 697. The first-order valence-electron chi connectivity index (χ1n) is 6.62. The van der Waals surface area contributed by atoms with E-state index in [1.54, 1.807) is 19.1 Å². The van der Waals surface area contributed by atoms with Crippen LogP contribution in [0.2, 0.25) is 0 Å². The SMILES string of the molecule is Cc1nc([C@@H]2CCc3cc(F)ccc32)ccc1C(N)=O. The summed E-state index contributed by atoms with van der Waals surface area (Å²) in [6.07, 6.45) is 1.78. The molecule has 0 bridgehead atoms. The van der Waals surface area contributed by atoms with E-state index in [0.717, 1.165) is 29.7 Å². The average molecular weight is 270 g/mol. The fourth-order valence-electron chi connectivity index (χ4n) is 2.93. The van der Waals surface area contributed by atoms with Crippen LogP contribution in [0.5, 0.6) is 0 Å². The molecule has 20 heavy (non-hydrogen) atoms. The lowest BCUT2D eigenvalue weighted by molar-refractivity contribution is 0.0999. The summed E-state index contributed by atoms with van der Waals surface area (Å²) in [4.78, 5) is 15.7. The van der Waals surface area contributed by atoms with Gasteiger partial charge in [0.05, 0.1) is 11.3 Å². The number of aromatic nitrogens is 1. The van der Waals surface area contributed by atoms with Crippen LogP contribution in [0.1, 0.15) is 45.2 Å². The molecule has 3 rings (SSSR count). The van der Waals surface area contributed by atoms with E-state index in [9.17, 15) is 9.18 Å². The van der Waals surface area contributed by atoms with Gasteiger partial charge in [-0.15, -0.1) is 0 Å². The molecule has 0 saturated carbocycles. The van der Waals surface area contributed by atoms with E-state index < -0.39 is 5.91 Å². The Hall–Kier alpha value is -2.23. The molecular formula is C16H15FN2O. The summed E-state index contributed by atoms with van der Waals surface area (Å²) >= 11 is 0. The number of hydrogen-bond donors (Lipinski definition) is 1. The van der Waals surface area contributed by atoms with Crippen LogP contribution >= 0.6 is 0 Å². The molecule has 4 heteroatoms. The number of benzene rings is 1. The van der Waals surface area contributed by atoms with E-state index in [0.29, 0.717) is 11.3 Å². The predicted octanol–water partition coefficient (Wildman–Crippen LogP) is 2.71. The van der Waals surface area contributed by atoms with E-state index >= 15 is 0 Å². The molecule has 3 nitrogen and oxygen atoms in total. The molecule has 1 aliphatic rings. The molecule has 0 aliphatic heterocycles. The lowest BCUT2D eigenvalue weighted by Crippen LogP contribution is -2.14. The number of rotatable bonds is 2. The van der Waals surface area contributed by atoms with Crippen molar-refractivity contribution >= 4 is 5.91 Å². The number of carbonyl (C=O) groups excluding carboxylic acids is 1. The van der Waals surface area contributed by atoms with Crippen molar-refractivity contribution in [1.29, 1.82) is 0 Å². The van der Waals surface area contributed by atoms with Crippen LogP contribution < -0.4 is 5.73 Å². The van der Waals surface area contributed by atoms with Crippen molar-refractivity contribution in [1.82, 2.24) is 4.98 Å². The lowest BCUT2D eigenvalue weighted by Gasteiger charge is -2.13. The zero-order valence-electron chi connectivity index (χ0n) is 11.2. The second kappa shape index (κ2) is 4.71. The van der Waals surface area contributed by atoms with Crippen molar-refractivity contribution < 1.29 is 9.18 Å². The molecular weight excluding hydrogens is 255 g/mol. The van der Waals surface area contributed by atoms with Gasteiger partial charge in [-0.3, -0.25) is 9.78 Å². The Morgan fingerprint density at radius 3 is 2.85 bits per heavy atom. The molecule has 102 valence electrons. The molecule has 2 N–H and O–H groups in total. The Morgan fingerprint density at radius 1 is 1.35 bits per heavy atom. The normalized spacial score (nSPS) is 17.0. The van der Waals surface area contributed by atoms with Crippen molar-refractivity contribution in [2.75, 3.05) is 0 Å². The van der Waals surface area contributed by atoms with Gasteiger partial charge >= 0.3 is 0 Å². The molecule has 0 saturated heterocycles. The quantitative estimate of drug-likeness (QED) is 0.912. The van der Waals surface area contributed by atoms with Crippen molar-refractivity contribution in [2.45, 2.75) is 25.7 Å². The smallest absolute Gasteiger partial charge is 0.250 e. The third-order valence-corrected chi connectivity index (χ3v) is 3.91. The van der Waals surface area contributed by atoms with Crippen LogP contribution in [0.4, 0.5) is 4.39 Å². The summed E-state index contributed by atoms with van der Waals surface area (Å²) in [7, 11) is 0. The lowest BCUT2D eigenvalue weighted by atomic mass is 9.96. The van der Waals surface area contributed by atoms with Gasteiger partial charge in [0.15, 0.2) is 0 Å². The van der Waals surface area contributed by atoms with Gasteiger partial charge in [0, 0.05) is 11.6 Å². The van der Waals surface area contributed by atoms with Gasteiger partial charge in [0.25, 0.3) is 5.91 Å². The predicted molar refractivity (Wildman–Crippen MR) is 74.1 cm³/mol. The monoisotopic (exact) mass is 270 g/mol. The Kier molecular flexibility index (Phi) is 3.01. The maximum Gasteiger partial charge on any atom is 0.250 e. The number of aryl methyl sites for hydroxylation is 2. The van der Waals surface area contributed by atoms with Crippen LogP contribution in [0.3, 0.4) is 0 Å². The van der Waals surface area contributed by atoms with E-state index in [2.05, 4.69) is 4.98 Å². The van der Waals surface area contributed by atoms with E-state index in [4.69, 9.17) is 5.73 Å². The van der Waals surface area contributed by atoms with Crippen molar-refractivity contribution in [2.24, 2.45) is 5.73 Å². The zero-order chi connectivity index (χ0) is 14.3. The number of nitrogens with two attached hydrogens (primary N) is 1. The number of fused-ring (bicyclic) bond motifs is 1. The molecule has 1 amide bonds. The number of hydrogen-bond acceptors (Lipinski definition) is 2. The van der Waals surface area contributed by atoms with Gasteiger partial charge in [0.1, 0.15) is 5.82 Å². The molecule has 1 aliphatic carbocycles. The summed E-state index contributed by atoms with van der Waals surface area (Å²) in [5.74, 6) is -0.487. The summed E-state index contributed by atoms with van der Waals surface area (Å²) < 4.78 is 13.2. The molecule has 0 fully saturated rings. The summed E-state index contributed by atoms with van der Waals surface area (Å²) in [6, 6.07) is 8.49. The van der Waals surface area contributed by atoms with Gasteiger partial charge in [-0.2, -0.15) is 0 Å². The highest BCUT2D eigenvalue weighted by Gasteiger charge is 2.25. The summed E-state index contributed by atoms with van der Waals surface area (Å²) in [5, 5.41) is 0. The number of halogens is 1. The van der Waals surface area contributed by atoms with Gasteiger partial charge < -0.3 is 5.73 Å². The summed E-state index contributed by atoms with van der Waals surface area (Å²) in [5.41, 5.74) is 9.48. The van der Waals surface area contributed by atoms with E-state index in [1.165, 1.54) is 6.07 Å². The maximum atomic E-state index is 13.2. The molecule has 0 radical (unpaired) electrons. The van der Waals surface area contributed by atoms with Gasteiger partial charge in [0.2, 0.25) is 0 Å². The number of amides is 1. The van der Waals surface area contributed by atoms with Crippen molar-refractivity contribution in [3.05, 3.63) is 64.2 Å². The molecule has 1 atom stereocenters. The van der Waals surface area contributed by atoms with Crippen LogP contribution in [-0.2, 0) is 6.42 Å². The van der Waals surface area contributed by atoms with Crippen molar-refractivity contribution in [3.63, 3.8) is 0 Å². The fraction of sp³-hybridized carbons (Fsp3) is 0.250. The van der Waals surface area contributed by atoms with Gasteiger partial charge in [-0.1, -0.05) is 6.07 Å². The second-order valence-corrected chi connectivity index (χ2v) is 5.17. The minimum atomic E-state index is -0.463. The largest absolute Gasteiger partial charge is 0.366 e. The molecule has 1 heterocycles. The van der Waals surface area contributed by atoms with Gasteiger partial charge in [-0.25, -0.2) is 4.39 Å². The Labute approximate surface area is 116 Å². The highest BCUT2D eigenvalue weighted by Crippen LogP contribution is 2.37. The number of primary amides is 1. The molecule has 1 aromatic heterocycles. The first kappa shape index (κ1) is 12.8. The van der Waals surface area contributed by atoms with Crippen molar-refractivity contribution in [3.8, 4) is 0 Å². The van der Waals surface area contributed by atoms with Crippen LogP contribution in [0, 0.1) is 12.7 Å². The highest BCUT2D eigenvalue weighted by molar-refractivity contribution is 5.93. The Balaban J connectivity index is 2.00. The third-order valence-electron chi connectivity index (χ3n) is 3.91.